The van der Waals surface area contributed by atoms with Gasteiger partial charge in [-0.1, -0.05) is 13.3 Å². The number of aliphatic hydroxyl groups is 1. The van der Waals surface area contributed by atoms with Gasteiger partial charge in [0, 0.05) is 13.1 Å². The second-order valence-corrected chi connectivity index (χ2v) is 5.09. The van der Waals surface area contributed by atoms with Crippen LogP contribution in [0.25, 0.3) is 0 Å². The summed E-state index contributed by atoms with van der Waals surface area (Å²) in [5.41, 5.74) is -0.568. The van der Waals surface area contributed by atoms with Crippen molar-refractivity contribution < 1.29 is 14.6 Å². The van der Waals surface area contributed by atoms with Crippen LogP contribution in [0.2, 0.25) is 0 Å². The van der Waals surface area contributed by atoms with Crippen molar-refractivity contribution in [3.8, 4) is 0 Å². The molecule has 1 unspecified atom stereocenters. The number of likely N-dealkylation sites (tertiary alicyclic amines) is 1. The molecule has 0 aromatic carbocycles. The van der Waals surface area contributed by atoms with Gasteiger partial charge in [-0.2, -0.15) is 0 Å². The number of piperidine rings is 1. The van der Waals surface area contributed by atoms with Crippen molar-refractivity contribution in [2.45, 2.75) is 58.1 Å². The summed E-state index contributed by atoms with van der Waals surface area (Å²) in [6.07, 6.45) is 3.26. The van der Waals surface area contributed by atoms with Crippen molar-refractivity contribution in [2.75, 3.05) is 19.7 Å². The molecular formula is C13H25NO3. The fourth-order valence-corrected chi connectivity index (χ4v) is 2.28. The summed E-state index contributed by atoms with van der Waals surface area (Å²) in [6, 6.07) is -0.129. The highest BCUT2D eigenvalue weighted by Gasteiger charge is 2.33. The third-order valence-electron chi connectivity index (χ3n) is 3.44. The van der Waals surface area contributed by atoms with Crippen molar-refractivity contribution in [1.29, 1.82) is 0 Å². The Labute approximate surface area is 104 Å². The summed E-state index contributed by atoms with van der Waals surface area (Å²) >= 11 is 0. The normalized spacial score (nSPS) is 22.1. The Balaban J connectivity index is 2.56. The van der Waals surface area contributed by atoms with Gasteiger partial charge in [-0.05, 0) is 33.1 Å². The second kappa shape index (κ2) is 6.36. The number of nitrogens with zero attached hydrogens (tertiary/aromatic N) is 1. The van der Waals surface area contributed by atoms with E-state index in [1.807, 2.05) is 13.8 Å². The lowest BCUT2D eigenvalue weighted by Gasteiger charge is -2.39. The van der Waals surface area contributed by atoms with Crippen LogP contribution in [0.3, 0.4) is 0 Å². The standard InChI is InChI=1S/C13H25NO3/c1-4-6-11(12(15)17-5-2)14-9-7-13(3,16)8-10-14/h11,16H,4-10H2,1-3H3. The number of esters is 1. The third-order valence-corrected chi connectivity index (χ3v) is 3.44. The van der Waals surface area contributed by atoms with E-state index in [9.17, 15) is 9.90 Å². The van der Waals surface area contributed by atoms with Crippen LogP contribution in [0, 0.1) is 0 Å². The van der Waals surface area contributed by atoms with E-state index in [0.717, 1.165) is 38.8 Å². The highest BCUT2D eigenvalue weighted by atomic mass is 16.5. The molecule has 0 bridgehead atoms. The van der Waals surface area contributed by atoms with Crippen LogP contribution in [0.1, 0.15) is 46.5 Å². The SMILES string of the molecule is CCCC(C(=O)OCC)N1CCC(C)(O)CC1. The minimum absolute atomic E-state index is 0.115. The maximum absolute atomic E-state index is 11.9. The second-order valence-electron chi connectivity index (χ2n) is 5.09. The lowest BCUT2D eigenvalue weighted by molar-refractivity contribution is -0.151. The molecule has 0 radical (unpaired) electrons. The molecule has 1 saturated heterocycles. The fraction of sp³-hybridized carbons (Fsp3) is 0.923. The number of ether oxygens (including phenoxy) is 1. The predicted molar refractivity (Wildman–Crippen MR) is 66.8 cm³/mol. The van der Waals surface area contributed by atoms with Gasteiger partial charge in [-0.3, -0.25) is 9.69 Å². The number of carbonyl (C=O) groups is 1. The van der Waals surface area contributed by atoms with Gasteiger partial charge in [-0.25, -0.2) is 0 Å². The van der Waals surface area contributed by atoms with E-state index in [-0.39, 0.29) is 12.0 Å². The van der Waals surface area contributed by atoms with E-state index in [4.69, 9.17) is 4.74 Å². The van der Waals surface area contributed by atoms with Gasteiger partial charge in [0.15, 0.2) is 0 Å². The highest BCUT2D eigenvalue weighted by molar-refractivity contribution is 5.75. The summed E-state index contributed by atoms with van der Waals surface area (Å²) in [5, 5.41) is 9.90. The minimum atomic E-state index is -0.568. The highest BCUT2D eigenvalue weighted by Crippen LogP contribution is 2.24. The molecule has 0 aromatic heterocycles. The largest absolute Gasteiger partial charge is 0.465 e. The Morgan fingerprint density at radius 2 is 2.00 bits per heavy atom. The first kappa shape index (κ1) is 14.5. The minimum Gasteiger partial charge on any atom is -0.465 e. The molecule has 1 aliphatic rings. The maximum Gasteiger partial charge on any atom is 0.323 e. The molecular weight excluding hydrogens is 218 g/mol. The first-order valence-electron chi connectivity index (χ1n) is 6.63. The molecule has 0 amide bonds. The van der Waals surface area contributed by atoms with Gasteiger partial charge >= 0.3 is 5.97 Å². The number of hydrogen-bond donors (Lipinski definition) is 1. The van der Waals surface area contributed by atoms with Gasteiger partial charge in [0.1, 0.15) is 6.04 Å². The summed E-state index contributed by atoms with van der Waals surface area (Å²) in [4.78, 5) is 14.0. The van der Waals surface area contributed by atoms with Gasteiger partial charge < -0.3 is 9.84 Å². The van der Waals surface area contributed by atoms with Gasteiger partial charge in [0.05, 0.1) is 12.2 Å². The summed E-state index contributed by atoms with van der Waals surface area (Å²) in [7, 11) is 0. The quantitative estimate of drug-likeness (QED) is 0.745. The Morgan fingerprint density at radius 3 is 2.47 bits per heavy atom. The average Bonchev–Trinajstić information content (AvgIpc) is 2.27. The van der Waals surface area contributed by atoms with Crippen LogP contribution in [0.5, 0.6) is 0 Å². The molecule has 4 heteroatoms. The fourth-order valence-electron chi connectivity index (χ4n) is 2.28. The lowest BCUT2D eigenvalue weighted by atomic mass is 9.92. The zero-order chi connectivity index (χ0) is 12.9. The van der Waals surface area contributed by atoms with Crippen molar-refractivity contribution in [1.82, 2.24) is 4.90 Å². The first-order valence-corrected chi connectivity index (χ1v) is 6.63. The van der Waals surface area contributed by atoms with Crippen molar-refractivity contribution in [3.63, 3.8) is 0 Å². The van der Waals surface area contributed by atoms with Crippen molar-refractivity contribution in [3.05, 3.63) is 0 Å². The van der Waals surface area contributed by atoms with E-state index in [2.05, 4.69) is 11.8 Å². The monoisotopic (exact) mass is 243 g/mol. The van der Waals surface area contributed by atoms with E-state index in [1.54, 1.807) is 0 Å². The smallest absolute Gasteiger partial charge is 0.323 e. The molecule has 1 rings (SSSR count). The van der Waals surface area contributed by atoms with Crippen LogP contribution in [-0.4, -0.2) is 47.3 Å². The average molecular weight is 243 g/mol. The Bertz CT molecular complexity index is 243. The molecule has 0 aromatic rings. The Hall–Kier alpha value is -0.610. The van der Waals surface area contributed by atoms with Crippen molar-refractivity contribution in [2.24, 2.45) is 0 Å². The number of rotatable bonds is 5. The third kappa shape index (κ3) is 4.28. The zero-order valence-electron chi connectivity index (χ0n) is 11.2. The van der Waals surface area contributed by atoms with Gasteiger partial charge in [0.25, 0.3) is 0 Å². The topological polar surface area (TPSA) is 49.8 Å². The van der Waals surface area contributed by atoms with Crippen LogP contribution >= 0.6 is 0 Å². The molecule has 1 aliphatic heterocycles. The maximum atomic E-state index is 11.9. The van der Waals surface area contributed by atoms with Crippen LogP contribution in [0.15, 0.2) is 0 Å². The van der Waals surface area contributed by atoms with Crippen molar-refractivity contribution >= 4 is 5.97 Å². The van der Waals surface area contributed by atoms with Crippen LogP contribution in [-0.2, 0) is 9.53 Å². The summed E-state index contributed by atoms with van der Waals surface area (Å²) in [5.74, 6) is -0.115. The molecule has 4 nitrogen and oxygen atoms in total. The van der Waals surface area contributed by atoms with Crippen LogP contribution in [0.4, 0.5) is 0 Å². The Morgan fingerprint density at radius 1 is 1.41 bits per heavy atom. The van der Waals surface area contributed by atoms with E-state index in [0.29, 0.717) is 6.61 Å². The molecule has 1 N–H and O–H groups in total. The van der Waals surface area contributed by atoms with E-state index < -0.39 is 5.60 Å². The molecule has 0 spiro atoms. The Kier molecular flexibility index (Phi) is 5.40. The molecule has 0 aliphatic carbocycles. The molecule has 100 valence electrons. The molecule has 1 heterocycles. The molecule has 0 saturated carbocycles. The molecule has 1 fully saturated rings. The molecule has 17 heavy (non-hydrogen) atoms. The zero-order valence-corrected chi connectivity index (χ0v) is 11.2. The lowest BCUT2D eigenvalue weighted by Crippen LogP contribution is -2.50. The summed E-state index contributed by atoms with van der Waals surface area (Å²) < 4.78 is 5.12. The number of hydrogen-bond acceptors (Lipinski definition) is 4. The number of carbonyl (C=O) groups excluding carboxylic acids is 1. The van der Waals surface area contributed by atoms with Crippen LogP contribution < -0.4 is 0 Å². The molecule has 1 atom stereocenters. The predicted octanol–water partition coefficient (Wildman–Crippen LogP) is 1.56. The van der Waals surface area contributed by atoms with Gasteiger partial charge in [-0.15, -0.1) is 0 Å². The van der Waals surface area contributed by atoms with E-state index in [1.165, 1.54) is 0 Å². The van der Waals surface area contributed by atoms with Gasteiger partial charge in [0.2, 0.25) is 0 Å². The first-order chi connectivity index (χ1) is 8.00. The summed E-state index contributed by atoms with van der Waals surface area (Å²) in [6.45, 7) is 7.76. The van der Waals surface area contributed by atoms with E-state index >= 15 is 0 Å².